The van der Waals surface area contributed by atoms with Crippen molar-refractivity contribution in [1.82, 2.24) is 25.5 Å². The van der Waals surface area contributed by atoms with Crippen molar-refractivity contribution in [3.05, 3.63) is 71.3 Å². The smallest absolute Gasteiger partial charge is 0.328 e. The molecule has 2 N–H and O–H groups in total. The highest BCUT2D eigenvalue weighted by Gasteiger charge is 2.34. The summed E-state index contributed by atoms with van der Waals surface area (Å²) in [5, 5.41) is 6.09. The van der Waals surface area contributed by atoms with Crippen LogP contribution in [0.2, 0.25) is 0 Å². The number of aryl methyl sites for hydroxylation is 1. The number of benzene rings is 2. The third-order valence-electron chi connectivity index (χ3n) is 6.84. The molecular weight excluding hydrogens is 536 g/mol. The molecule has 2 amide bonds. The first kappa shape index (κ1) is 32.5. The van der Waals surface area contributed by atoms with Crippen molar-refractivity contribution in [1.29, 1.82) is 0 Å². The number of nitrogens with one attached hydrogen (secondary N) is 2. The summed E-state index contributed by atoms with van der Waals surface area (Å²) in [7, 11) is 5.88. The second kappa shape index (κ2) is 14.7. The number of halogens is 2. The van der Waals surface area contributed by atoms with Crippen LogP contribution in [-0.4, -0.2) is 61.7 Å². The molecule has 0 spiro atoms. The Kier molecular flexibility index (Phi) is 11.4. The second-order valence-corrected chi connectivity index (χ2v) is 10.3. The number of carbonyl (C=O) groups excluding carboxylic acids is 1. The zero-order valence-electron chi connectivity index (χ0n) is 25.8. The van der Waals surface area contributed by atoms with E-state index in [0.717, 1.165) is 65.4 Å². The summed E-state index contributed by atoms with van der Waals surface area (Å²) in [4.78, 5) is 27.8. The number of fused-ring (bicyclic) bond motifs is 1. The highest BCUT2D eigenvalue weighted by molar-refractivity contribution is 6.02. The summed E-state index contributed by atoms with van der Waals surface area (Å²) in [6.45, 7) is 14.7. The number of aromatic nitrogens is 2. The number of nitrogens with zero attached hydrogens (tertiary/aromatic N) is 5. The minimum atomic E-state index is -0.861. The van der Waals surface area contributed by atoms with E-state index in [2.05, 4.69) is 29.0 Å². The normalized spacial score (nSPS) is 12.3. The van der Waals surface area contributed by atoms with Crippen molar-refractivity contribution in [3.8, 4) is 11.3 Å². The molecule has 10 heteroatoms. The van der Waals surface area contributed by atoms with E-state index in [1.807, 2.05) is 65.0 Å². The van der Waals surface area contributed by atoms with Gasteiger partial charge in [0.2, 0.25) is 5.95 Å². The first-order valence-electron chi connectivity index (χ1n) is 14.4. The lowest BCUT2D eigenvalue weighted by molar-refractivity contribution is 0.246. The van der Waals surface area contributed by atoms with Gasteiger partial charge in [0.15, 0.2) is 5.82 Å². The van der Waals surface area contributed by atoms with Gasteiger partial charge in [-0.15, -0.1) is 0 Å². The zero-order chi connectivity index (χ0) is 31.0. The number of urea groups is 1. The monoisotopic (exact) mass is 579 g/mol. The number of anilines is 3. The third kappa shape index (κ3) is 7.23. The van der Waals surface area contributed by atoms with Crippen molar-refractivity contribution in [2.45, 2.75) is 47.1 Å². The van der Waals surface area contributed by atoms with E-state index in [0.29, 0.717) is 23.8 Å². The van der Waals surface area contributed by atoms with Crippen LogP contribution in [0.25, 0.3) is 17.0 Å². The molecule has 0 aliphatic carbocycles. The van der Waals surface area contributed by atoms with Gasteiger partial charge in [0.05, 0.1) is 12.2 Å². The topological polar surface area (TPSA) is 76.6 Å². The maximum absolute atomic E-state index is 15.0. The van der Waals surface area contributed by atoms with E-state index in [4.69, 9.17) is 9.97 Å². The highest BCUT2D eigenvalue weighted by Crippen LogP contribution is 2.39. The van der Waals surface area contributed by atoms with Gasteiger partial charge in [-0.3, -0.25) is 0 Å². The van der Waals surface area contributed by atoms with Gasteiger partial charge in [0, 0.05) is 37.0 Å². The van der Waals surface area contributed by atoms with Gasteiger partial charge in [0.25, 0.3) is 0 Å². The fraction of sp³-hybridized carbons (Fsp3) is 0.406. The summed E-state index contributed by atoms with van der Waals surface area (Å²) >= 11 is 0. The fourth-order valence-electron chi connectivity index (χ4n) is 4.62. The van der Waals surface area contributed by atoms with Crippen LogP contribution in [-0.2, 0) is 6.54 Å². The van der Waals surface area contributed by atoms with Crippen molar-refractivity contribution in [3.63, 3.8) is 0 Å². The molecule has 0 atom stereocenters. The van der Waals surface area contributed by atoms with E-state index < -0.39 is 23.4 Å². The minimum absolute atomic E-state index is 0.111. The summed E-state index contributed by atoms with van der Waals surface area (Å²) < 4.78 is 30.0. The van der Waals surface area contributed by atoms with E-state index in [-0.39, 0.29) is 12.4 Å². The Morgan fingerprint density at radius 1 is 1.10 bits per heavy atom. The Morgan fingerprint density at radius 3 is 2.43 bits per heavy atom. The standard InChI is InChI=1S/C30H37F2N7O.C2H6/c1-7-14-33-20(3)21-13-12-19(2)22(17-21)26-23-18-34-30(40)39(27-24(31)10-8-11-25(27)32)28(23)36-29(35-26)38(6)16-9-15-37(4)5;1-2/h8,10-13,17,33H,3,7,9,14-16,18H2,1-2,4-6H3,(H,34,40);1-2H3. The van der Waals surface area contributed by atoms with Crippen molar-refractivity contribution in [2.24, 2.45) is 0 Å². The molecule has 42 heavy (non-hydrogen) atoms. The lowest BCUT2D eigenvalue weighted by Crippen LogP contribution is -2.43. The van der Waals surface area contributed by atoms with Crippen molar-refractivity contribution < 1.29 is 13.6 Å². The molecule has 0 unspecified atom stereocenters. The highest BCUT2D eigenvalue weighted by atomic mass is 19.1. The van der Waals surface area contributed by atoms with Gasteiger partial charge in [-0.05, 0) is 69.7 Å². The van der Waals surface area contributed by atoms with E-state index in [1.54, 1.807) is 0 Å². The number of amides is 2. The van der Waals surface area contributed by atoms with Gasteiger partial charge < -0.3 is 20.4 Å². The Morgan fingerprint density at radius 2 is 1.79 bits per heavy atom. The number of carbonyl (C=O) groups is 1. The molecule has 0 bridgehead atoms. The lowest BCUT2D eigenvalue weighted by atomic mass is 9.97. The SMILES string of the molecule is C=C(NCCC)c1ccc(C)c(-c2nc(N(C)CCCN(C)C)nc3c2CNC(=O)N3c2c(F)cccc2F)c1.CC. The number of hydrogen-bond acceptors (Lipinski definition) is 6. The molecule has 1 aliphatic rings. The molecule has 0 saturated heterocycles. The molecule has 1 aromatic heterocycles. The molecule has 8 nitrogen and oxygen atoms in total. The predicted octanol–water partition coefficient (Wildman–Crippen LogP) is 6.48. The Labute approximate surface area is 248 Å². The lowest BCUT2D eigenvalue weighted by Gasteiger charge is -2.32. The van der Waals surface area contributed by atoms with Gasteiger partial charge in [-0.1, -0.05) is 45.5 Å². The number of para-hydroxylation sites is 1. The maximum Gasteiger partial charge on any atom is 0.328 e. The van der Waals surface area contributed by atoms with Crippen molar-refractivity contribution in [2.75, 3.05) is 50.6 Å². The molecular formula is C32H43F2N7O. The molecule has 3 aromatic rings. The van der Waals surface area contributed by atoms with Crippen LogP contribution in [0.15, 0.2) is 43.0 Å². The Hall–Kier alpha value is -4.05. The van der Waals surface area contributed by atoms with Crippen LogP contribution in [0.1, 0.15) is 50.3 Å². The quantitative estimate of drug-likeness (QED) is 0.271. The van der Waals surface area contributed by atoms with Crippen LogP contribution in [0.3, 0.4) is 0 Å². The number of hydrogen-bond donors (Lipinski definition) is 2. The largest absolute Gasteiger partial charge is 0.385 e. The predicted molar refractivity (Wildman–Crippen MR) is 168 cm³/mol. The fourth-order valence-corrected chi connectivity index (χ4v) is 4.62. The summed E-state index contributed by atoms with van der Waals surface area (Å²) in [6, 6.07) is 8.84. The first-order valence-corrected chi connectivity index (χ1v) is 14.4. The van der Waals surface area contributed by atoms with Crippen LogP contribution < -0.4 is 20.4 Å². The summed E-state index contributed by atoms with van der Waals surface area (Å²) in [6.07, 6.45) is 1.81. The maximum atomic E-state index is 15.0. The van der Waals surface area contributed by atoms with Gasteiger partial charge in [-0.25, -0.2) is 23.5 Å². The zero-order valence-corrected chi connectivity index (χ0v) is 25.8. The summed E-state index contributed by atoms with van der Waals surface area (Å²) in [5.41, 5.74) is 4.14. The van der Waals surface area contributed by atoms with Gasteiger partial charge >= 0.3 is 6.03 Å². The average molecular weight is 580 g/mol. The number of rotatable bonds is 11. The van der Waals surface area contributed by atoms with Crippen LogP contribution >= 0.6 is 0 Å². The van der Waals surface area contributed by atoms with Crippen LogP contribution in [0, 0.1) is 18.6 Å². The first-order chi connectivity index (χ1) is 20.1. The molecule has 4 rings (SSSR count). The Bertz CT molecular complexity index is 1390. The molecule has 0 fully saturated rings. The average Bonchev–Trinajstić information content (AvgIpc) is 2.97. The van der Waals surface area contributed by atoms with Gasteiger partial charge in [-0.2, -0.15) is 4.98 Å². The molecule has 2 aromatic carbocycles. The Balaban J connectivity index is 0.00000237. The van der Waals surface area contributed by atoms with Crippen molar-refractivity contribution >= 4 is 29.2 Å². The van der Waals surface area contributed by atoms with Gasteiger partial charge in [0.1, 0.15) is 17.3 Å². The van der Waals surface area contributed by atoms with E-state index in [1.165, 1.54) is 6.07 Å². The molecule has 0 radical (unpaired) electrons. The molecule has 0 saturated carbocycles. The molecule has 1 aliphatic heterocycles. The summed E-state index contributed by atoms with van der Waals surface area (Å²) in [5.74, 6) is -1.21. The third-order valence-corrected chi connectivity index (χ3v) is 6.84. The molecule has 2 heterocycles. The minimum Gasteiger partial charge on any atom is -0.385 e. The van der Waals surface area contributed by atoms with E-state index >= 15 is 0 Å². The second-order valence-electron chi connectivity index (χ2n) is 10.3. The molecule has 226 valence electrons. The van der Waals surface area contributed by atoms with Crippen LogP contribution in [0.5, 0.6) is 0 Å². The van der Waals surface area contributed by atoms with E-state index in [9.17, 15) is 13.6 Å². The van der Waals surface area contributed by atoms with Crippen LogP contribution in [0.4, 0.5) is 31.0 Å².